The Bertz CT molecular complexity index is 644. The molecule has 2 rings (SSSR count). The van der Waals surface area contributed by atoms with Crippen LogP contribution in [0.25, 0.3) is 11.4 Å². The Hall–Kier alpha value is -1.35. The number of nitrogens with one attached hydrogen (secondary N) is 1. The van der Waals surface area contributed by atoms with E-state index in [1.807, 2.05) is 19.2 Å². The highest BCUT2D eigenvalue weighted by molar-refractivity contribution is 14.0. The lowest BCUT2D eigenvalue weighted by Gasteiger charge is -2.21. The van der Waals surface area contributed by atoms with Gasteiger partial charge in [0.1, 0.15) is 0 Å². The third kappa shape index (κ3) is 5.94. The van der Waals surface area contributed by atoms with Crippen LogP contribution >= 0.6 is 35.6 Å². The number of rotatable bonds is 6. The Morgan fingerprint density at radius 2 is 2.04 bits per heavy atom. The first-order chi connectivity index (χ1) is 11.1. The molecule has 0 aliphatic rings. The first kappa shape index (κ1) is 20.7. The van der Waals surface area contributed by atoms with Gasteiger partial charge in [0, 0.05) is 31.2 Å². The minimum Gasteiger partial charge on any atom is -0.347 e. The minimum absolute atomic E-state index is 0. The van der Waals surface area contributed by atoms with E-state index in [4.69, 9.17) is 16.1 Å². The fourth-order valence-corrected chi connectivity index (χ4v) is 2.21. The Balaban J connectivity index is 0.00000288. The number of hydrogen-bond donors (Lipinski definition) is 1. The summed E-state index contributed by atoms with van der Waals surface area (Å²) < 4.78 is 5.27. The molecule has 0 spiro atoms. The molecule has 1 heterocycles. The van der Waals surface area contributed by atoms with Gasteiger partial charge in [-0.3, -0.25) is 4.99 Å². The van der Waals surface area contributed by atoms with Crippen LogP contribution in [0.15, 0.2) is 33.8 Å². The van der Waals surface area contributed by atoms with Crippen LogP contribution in [0.5, 0.6) is 0 Å². The molecule has 132 valence electrons. The maximum Gasteiger partial charge on any atom is 0.246 e. The number of nitrogens with zero attached hydrogens (tertiary/aromatic N) is 4. The quantitative estimate of drug-likeness (QED) is 0.401. The molecule has 0 aliphatic heterocycles. The highest BCUT2D eigenvalue weighted by Crippen LogP contribution is 2.18. The normalized spacial score (nSPS) is 11.1. The molecule has 0 saturated carbocycles. The van der Waals surface area contributed by atoms with Crippen molar-refractivity contribution in [2.45, 2.75) is 26.3 Å². The maximum absolute atomic E-state index is 5.88. The predicted molar refractivity (Wildman–Crippen MR) is 108 cm³/mol. The number of halogens is 2. The monoisotopic (exact) mass is 463 g/mol. The van der Waals surface area contributed by atoms with E-state index in [1.54, 1.807) is 19.2 Å². The van der Waals surface area contributed by atoms with E-state index in [0.29, 0.717) is 23.3 Å². The summed E-state index contributed by atoms with van der Waals surface area (Å²) in [7, 11) is 3.77. The minimum atomic E-state index is 0. The molecule has 0 bridgehead atoms. The maximum atomic E-state index is 5.88. The van der Waals surface area contributed by atoms with Crippen molar-refractivity contribution in [3.8, 4) is 11.4 Å². The average molecular weight is 464 g/mol. The number of guanidine groups is 1. The zero-order valence-corrected chi connectivity index (χ0v) is 17.2. The lowest BCUT2D eigenvalue weighted by Crippen LogP contribution is -2.39. The highest BCUT2D eigenvalue weighted by atomic mass is 127. The molecule has 1 aromatic heterocycles. The summed E-state index contributed by atoms with van der Waals surface area (Å²) in [6, 6.07) is 7.33. The van der Waals surface area contributed by atoms with Crippen LogP contribution in [0.2, 0.25) is 5.02 Å². The van der Waals surface area contributed by atoms with E-state index in [2.05, 4.69) is 32.3 Å². The van der Waals surface area contributed by atoms with Crippen molar-refractivity contribution in [1.29, 1.82) is 0 Å². The zero-order valence-electron chi connectivity index (χ0n) is 14.1. The van der Waals surface area contributed by atoms with Gasteiger partial charge in [-0.05, 0) is 30.7 Å². The topological polar surface area (TPSA) is 66.5 Å². The van der Waals surface area contributed by atoms with Gasteiger partial charge < -0.3 is 14.7 Å². The Kier molecular flexibility index (Phi) is 9.05. The number of unbranched alkanes of at least 4 members (excludes halogenated alkanes) is 1. The second kappa shape index (κ2) is 10.5. The molecule has 1 N–H and O–H groups in total. The van der Waals surface area contributed by atoms with Gasteiger partial charge >= 0.3 is 0 Å². The molecule has 0 radical (unpaired) electrons. The van der Waals surface area contributed by atoms with Crippen LogP contribution in [0.3, 0.4) is 0 Å². The molecule has 0 fully saturated rings. The van der Waals surface area contributed by atoms with E-state index in [1.165, 1.54) is 0 Å². The number of benzene rings is 1. The molecule has 2 aromatic rings. The molecule has 24 heavy (non-hydrogen) atoms. The molecular formula is C16H23ClIN5O. The molecule has 6 nitrogen and oxygen atoms in total. The molecule has 8 heteroatoms. The van der Waals surface area contributed by atoms with Crippen LogP contribution in [0.1, 0.15) is 25.7 Å². The lowest BCUT2D eigenvalue weighted by atomic mass is 10.2. The Morgan fingerprint density at radius 3 is 2.67 bits per heavy atom. The predicted octanol–water partition coefficient (Wildman–Crippen LogP) is 3.82. The van der Waals surface area contributed by atoms with Crippen LogP contribution in [0, 0.1) is 0 Å². The van der Waals surface area contributed by atoms with Gasteiger partial charge in [0.05, 0.1) is 6.54 Å². The summed E-state index contributed by atoms with van der Waals surface area (Å²) in [5, 5.41) is 7.90. The summed E-state index contributed by atoms with van der Waals surface area (Å²) in [4.78, 5) is 10.7. The van der Waals surface area contributed by atoms with E-state index in [0.717, 1.165) is 30.9 Å². The van der Waals surface area contributed by atoms with Crippen molar-refractivity contribution >= 4 is 41.5 Å². The number of hydrogen-bond acceptors (Lipinski definition) is 4. The van der Waals surface area contributed by atoms with Crippen LogP contribution in [-0.4, -0.2) is 41.6 Å². The standard InChI is InChI=1S/C16H22ClN5O.HI/c1-4-5-10-22(3)16(18-2)19-11-14-20-15(21-23-14)12-6-8-13(17)9-7-12;/h6-9H,4-5,10-11H2,1-3H3,(H,18,19);1H. The molecule has 0 saturated heterocycles. The largest absolute Gasteiger partial charge is 0.347 e. The van der Waals surface area contributed by atoms with E-state index >= 15 is 0 Å². The SMILES string of the molecule is CCCCN(C)C(=NC)NCc1nc(-c2ccc(Cl)cc2)no1.I. The number of aliphatic imine (C=N–C) groups is 1. The van der Waals surface area contributed by atoms with Gasteiger partial charge in [-0.15, -0.1) is 24.0 Å². The fourth-order valence-electron chi connectivity index (χ4n) is 2.08. The average Bonchev–Trinajstić information content (AvgIpc) is 3.03. The zero-order chi connectivity index (χ0) is 16.7. The summed E-state index contributed by atoms with van der Waals surface area (Å²) in [6.07, 6.45) is 2.27. The van der Waals surface area contributed by atoms with Gasteiger partial charge in [-0.2, -0.15) is 4.98 Å². The summed E-state index contributed by atoms with van der Waals surface area (Å²) in [6.45, 7) is 3.56. The summed E-state index contributed by atoms with van der Waals surface area (Å²) in [5.74, 6) is 1.87. The van der Waals surface area contributed by atoms with Gasteiger partial charge in [-0.25, -0.2) is 0 Å². The second-order valence-corrected chi connectivity index (χ2v) is 5.63. The first-order valence-electron chi connectivity index (χ1n) is 7.64. The molecule has 0 unspecified atom stereocenters. The lowest BCUT2D eigenvalue weighted by molar-refractivity contribution is 0.371. The smallest absolute Gasteiger partial charge is 0.246 e. The molecular weight excluding hydrogens is 441 g/mol. The van der Waals surface area contributed by atoms with Crippen molar-refractivity contribution in [3.63, 3.8) is 0 Å². The fraction of sp³-hybridized carbons (Fsp3) is 0.438. The highest BCUT2D eigenvalue weighted by Gasteiger charge is 2.10. The Labute approximate surface area is 164 Å². The number of aromatic nitrogens is 2. The van der Waals surface area contributed by atoms with Crippen molar-refractivity contribution < 1.29 is 4.52 Å². The van der Waals surface area contributed by atoms with Crippen molar-refractivity contribution in [1.82, 2.24) is 20.4 Å². The van der Waals surface area contributed by atoms with Crippen LogP contribution < -0.4 is 5.32 Å². The third-order valence-electron chi connectivity index (χ3n) is 3.39. The van der Waals surface area contributed by atoms with E-state index < -0.39 is 0 Å². The summed E-state index contributed by atoms with van der Waals surface area (Å²) in [5.41, 5.74) is 0.869. The van der Waals surface area contributed by atoms with Crippen molar-refractivity contribution in [3.05, 3.63) is 35.2 Å². The molecule has 1 aromatic carbocycles. The molecule has 0 aliphatic carbocycles. The molecule has 0 atom stereocenters. The first-order valence-corrected chi connectivity index (χ1v) is 8.02. The summed E-state index contributed by atoms with van der Waals surface area (Å²) >= 11 is 5.88. The van der Waals surface area contributed by atoms with Crippen LogP contribution in [-0.2, 0) is 6.54 Å². The van der Waals surface area contributed by atoms with Crippen LogP contribution in [0.4, 0.5) is 0 Å². The molecule has 0 amide bonds. The van der Waals surface area contributed by atoms with Gasteiger partial charge in [-0.1, -0.05) is 30.1 Å². The Morgan fingerprint density at radius 1 is 1.33 bits per heavy atom. The third-order valence-corrected chi connectivity index (χ3v) is 3.64. The van der Waals surface area contributed by atoms with E-state index in [9.17, 15) is 0 Å². The second-order valence-electron chi connectivity index (χ2n) is 5.19. The van der Waals surface area contributed by atoms with Crippen molar-refractivity contribution in [2.24, 2.45) is 4.99 Å². The van der Waals surface area contributed by atoms with Gasteiger partial charge in [0.2, 0.25) is 11.7 Å². The van der Waals surface area contributed by atoms with Crippen molar-refractivity contribution in [2.75, 3.05) is 20.6 Å². The van der Waals surface area contributed by atoms with E-state index in [-0.39, 0.29) is 24.0 Å². The van der Waals surface area contributed by atoms with Gasteiger partial charge in [0.15, 0.2) is 5.96 Å². The van der Waals surface area contributed by atoms with Gasteiger partial charge in [0.25, 0.3) is 0 Å².